The third-order valence-electron chi connectivity index (χ3n) is 3.67. The monoisotopic (exact) mass is 249 g/mol. The van der Waals surface area contributed by atoms with Crippen LogP contribution in [-0.2, 0) is 6.61 Å². The number of hydrogen-bond acceptors (Lipinski definition) is 3. The van der Waals surface area contributed by atoms with Crippen LogP contribution in [0.5, 0.6) is 0 Å². The summed E-state index contributed by atoms with van der Waals surface area (Å²) in [6.07, 6.45) is 0. The number of aliphatic hydroxyl groups excluding tert-OH is 1. The average Bonchev–Trinajstić information content (AvgIpc) is 2.34. The molecule has 1 heterocycles. The van der Waals surface area contributed by atoms with Crippen molar-refractivity contribution < 1.29 is 15.0 Å². The largest absolute Gasteiger partial charge is 0.392 e. The van der Waals surface area contributed by atoms with Gasteiger partial charge in [0, 0.05) is 5.56 Å². The molecule has 4 nitrogen and oxygen atoms in total. The zero-order chi connectivity index (χ0) is 13.3. The van der Waals surface area contributed by atoms with E-state index in [0.29, 0.717) is 18.7 Å². The Morgan fingerprint density at radius 2 is 1.89 bits per heavy atom. The Labute approximate surface area is 107 Å². The molecule has 1 fully saturated rings. The van der Waals surface area contributed by atoms with Gasteiger partial charge in [0.15, 0.2) is 0 Å². The van der Waals surface area contributed by atoms with E-state index in [9.17, 15) is 9.90 Å². The van der Waals surface area contributed by atoms with Gasteiger partial charge in [0.2, 0.25) is 0 Å². The standard InChI is InChI=1S/C14H19NO3/c1-10(2)14(18)8-15(9-14)13(17)12-5-3-11(7-16)4-6-12/h3-6,10,16,18H,7-9H2,1-2H3. The maximum absolute atomic E-state index is 12.1. The van der Waals surface area contributed by atoms with Gasteiger partial charge in [-0.3, -0.25) is 4.79 Å². The predicted molar refractivity (Wildman–Crippen MR) is 68.1 cm³/mol. The maximum atomic E-state index is 12.1. The second-order valence-corrected chi connectivity index (χ2v) is 5.27. The van der Waals surface area contributed by atoms with Crippen LogP contribution in [0.4, 0.5) is 0 Å². The molecule has 0 atom stereocenters. The molecular weight excluding hydrogens is 230 g/mol. The molecule has 0 aromatic heterocycles. The summed E-state index contributed by atoms with van der Waals surface area (Å²) in [6.45, 7) is 4.68. The van der Waals surface area contributed by atoms with Gasteiger partial charge < -0.3 is 15.1 Å². The van der Waals surface area contributed by atoms with Crippen LogP contribution in [0.25, 0.3) is 0 Å². The summed E-state index contributed by atoms with van der Waals surface area (Å²) >= 11 is 0. The molecule has 0 bridgehead atoms. The van der Waals surface area contributed by atoms with E-state index in [0.717, 1.165) is 5.56 Å². The number of nitrogens with zero attached hydrogens (tertiary/aromatic N) is 1. The summed E-state index contributed by atoms with van der Waals surface area (Å²) in [5.74, 6) is 0.0862. The second-order valence-electron chi connectivity index (χ2n) is 5.27. The van der Waals surface area contributed by atoms with Crippen molar-refractivity contribution in [2.75, 3.05) is 13.1 Å². The quantitative estimate of drug-likeness (QED) is 0.841. The van der Waals surface area contributed by atoms with Crippen molar-refractivity contribution in [3.05, 3.63) is 35.4 Å². The number of benzene rings is 1. The van der Waals surface area contributed by atoms with Gasteiger partial charge in [-0.25, -0.2) is 0 Å². The van der Waals surface area contributed by atoms with Gasteiger partial charge in [-0.05, 0) is 23.6 Å². The van der Waals surface area contributed by atoms with E-state index < -0.39 is 5.60 Å². The fourth-order valence-corrected chi connectivity index (χ4v) is 2.06. The molecule has 1 saturated heterocycles. The van der Waals surface area contributed by atoms with E-state index in [4.69, 9.17) is 5.11 Å². The smallest absolute Gasteiger partial charge is 0.254 e. The van der Waals surface area contributed by atoms with E-state index in [2.05, 4.69) is 0 Å². The van der Waals surface area contributed by atoms with Gasteiger partial charge >= 0.3 is 0 Å². The lowest BCUT2D eigenvalue weighted by Crippen LogP contribution is -2.65. The van der Waals surface area contributed by atoms with Crippen LogP contribution in [0, 0.1) is 5.92 Å². The van der Waals surface area contributed by atoms with Crippen molar-refractivity contribution in [2.24, 2.45) is 5.92 Å². The first kappa shape index (κ1) is 13.1. The van der Waals surface area contributed by atoms with Gasteiger partial charge in [-0.2, -0.15) is 0 Å². The first-order chi connectivity index (χ1) is 8.46. The number of amides is 1. The van der Waals surface area contributed by atoms with Gasteiger partial charge in [0.05, 0.1) is 19.7 Å². The highest BCUT2D eigenvalue weighted by atomic mass is 16.3. The number of rotatable bonds is 3. The summed E-state index contributed by atoms with van der Waals surface area (Å²) < 4.78 is 0. The molecule has 1 aliphatic heterocycles. The molecule has 1 aromatic rings. The average molecular weight is 249 g/mol. The third kappa shape index (κ3) is 2.26. The van der Waals surface area contributed by atoms with Crippen molar-refractivity contribution in [3.63, 3.8) is 0 Å². The molecule has 2 N–H and O–H groups in total. The minimum absolute atomic E-state index is 0.0225. The highest BCUT2D eigenvalue weighted by Crippen LogP contribution is 2.29. The van der Waals surface area contributed by atoms with Crippen molar-refractivity contribution in [2.45, 2.75) is 26.1 Å². The normalized spacial score (nSPS) is 17.7. The second kappa shape index (κ2) is 4.71. The Morgan fingerprint density at radius 1 is 1.33 bits per heavy atom. The first-order valence-corrected chi connectivity index (χ1v) is 6.18. The fourth-order valence-electron chi connectivity index (χ4n) is 2.06. The highest BCUT2D eigenvalue weighted by molar-refractivity contribution is 5.95. The summed E-state index contributed by atoms with van der Waals surface area (Å²) in [5.41, 5.74) is 0.646. The number of hydrogen-bond donors (Lipinski definition) is 2. The number of carbonyl (C=O) groups is 1. The number of carbonyl (C=O) groups excluding carboxylic acids is 1. The Kier molecular flexibility index (Phi) is 3.41. The number of β-amino-alcohol motifs (C(OH)–C–C–N with tert-alkyl or cyclic N) is 1. The van der Waals surface area contributed by atoms with Crippen LogP contribution in [0.1, 0.15) is 29.8 Å². The molecular formula is C14H19NO3. The molecule has 0 saturated carbocycles. The Bertz CT molecular complexity index is 433. The lowest BCUT2D eigenvalue weighted by Gasteiger charge is -2.49. The van der Waals surface area contributed by atoms with Gasteiger partial charge in [0.25, 0.3) is 5.91 Å². The number of likely N-dealkylation sites (tertiary alicyclic amines) is 1. The van der Waals surface area contributed by atoms with E-state index >= 15 is 0 Å². The molecule has 0 spiro atoms. The maximum Gasteiger partial charge on any atom is 0.254 e. The molecule has 0 aliphatic carbocycles. The molecule has 1 aromatic carbocycles. The first-order valence-electron chi connectivity index (χ1n) is 6.18. The third-order valence-corrected chi connectivity index (χ3v) is 3.67. The molecule has 98 valence electrons. The van der Waals surface area contributed by atoms with Gasteiger partial charge in [0.1, 0.15) is 5.60 Å². The van der Waals surface area contributed by atoms with Crippen LogP contribution in [-0.4, -0.2) is 39.7 Å². The van der Waals surface area contributed by atoms with E-state index in [1.165, 1.54) is 0 Å². The van der Waals surface area contributed by atoms with Crippen LogP contribution in [0.3, 0.4) is 0 Å². The van der Waals surface area contributed by atoms with Crippen LogP contribution in [0.2, 0.25) is 0 Å². The summed E-state index contributed by atoms with van der Waals surface area (Å²) in [7, 11) is 0. The van der Waals surface area contributed by atoms with Crippen molar-refractivity contribution in [1.29, 1.82) is 0 Å². The lowest BCUT2D eigenvalue weighted by atomic mass is 9.82. The van der Waals surface area contributed by atoms with E-state index in [1.807, 2.05) is 13.8 Å². The molecule has 0 radical (unpaired) electrons. The SMILES string of the molecule is CC(C)C1(O)CN(C(=O)c2ccc(CO)cc2)C1. The number of aliphatic hydroxyl groups is 2. The fraction of sp³-hybridized carbons (Fsp3) is 0.500. The molecule has 18 heavy (non-hydrogen) atoms. The Balaban J connectivity index is 2.01. The van der Waals surface area contributed by atoms with Crippen molar-refractivity contribution in [1.82, 2.24) is 4.90 Å². The lowest BCUT2D eigenvalue weighted by molar-refractivity contribution is -0.110. The zero-order valence-electron chi connectivity index (χ0n) is 10.8. The zero-order valence-corrected chi connectivity index (χ0v) is 10.8. The van der Waals surface area contributed by atoms with Crippen molar-refractivity contribution >= 4 is 5.91 Å². The van der Waals surface area contributed by atoms with Crippen LogP contribution < -0.4 is 0 Å². The minimum Gasteiger partial charge on any atom is -0.392 e. The van der Waals surface area contributed by atoms with E-state index in [-0.39, 0.29) is 18.4 Å². The van der Waals surface area contributed by atoms with Gasteiger partial charge in [-0.1, -0.05) is 26.0 Å². The van der Waals surface area contributed by atoms with Crippen LogP contribution in [0.15, 0.2) is 24.3 Å². The predicted octanol–water partition coefficient (Wildman–Crippen LogP) is 1.02. The Hall–Kier alpha value is -1.39. The molecule has 0 unspecified atom stereocenters. The Morgan fingerprint density at radius 3 is 2.33 bits per heavy atom. The molecule has 4 heteroatoms. The van der Waals surface area contributed by atoms with E-state index in [1.54, 1.807) is 29.2 Å². The van der Waals surface area contributed by atoms with Gasteiger partial charge in [-0.15, -0.1) is 0 Å². The van der Waals surface area contributed by atoms with Crippen molar-refractivity contribution in [3.8, 4) is 0 Å². The molecule has 2 rings (SSSR count). The highest BCUT2D eigenvalue weighted by Gasteiger charge is 2.45. The molecule has 1 aliphatic rings. The summed E-state index contributed by atoms with van der Waals surface area (Å²) in [4.78, 5) is 13.7. The summed E-state index contributed by atoms with van der Waals surface area (Å²) in [5, 5.41) is 19.0. The topological polar surface area (TPSA) is 60.8 Å². The summed E-state index contributed by atoms with van der Waals surface area (Å²) in [6, 6.07) is 6.89. The molecule has 1 amide bonds. The van der Waals surface area contributed by atoms with Crippen LogP contribution >= 0.6 is 0 Å². The minimum atomic E-state index is -0.735.